The van der Waals surface area contributed by atoms with E-state index in [1.54, 1.807) is 11.3 Å². The van der Waals surface area contributed by atoms with Crippen LogP contribution >= 0.6 is 11.3 Å². The Kier molecular flexibility index (Phi) is 6.48. The van der Waals surface area contributed by atoms with E-state index in [2.05, 4.69) is 27.0 Å². The number of hydrogen-bond acceptors (Lipinski definition) is 4. The minimum Gasteiger partial charge on any atom is -0.494 e. The number of amides is 1. The lowest BCUT2D eigenvalue weighted by atomic mass is 10.0. The Morgan fingerprint density at radius 2 is 1.96 bits per heavy atom. The van der Waals surface area contributed by atoms with Crippen LogP contribution in [0.3, 0.4) is 0 Å². The van der Waals surface area contributed by atoms with Crippen molar-refractivity contribution in [2.45, 2.75) is 32.2 Å². The highest BCUT2D eigenvalue weighted by molar-refractivity contribution is 7.07. The quantitative estimate of drug-likeness (QED) is 0.810. The number of carbonyl (C=O) groups excluding carboxylic acids is 1. The van der Waals surface area contributed by atoms with Gasteiger partial charge in [0.2, 0.25) is 0 Å². The molecule has 0 aliphatic carbocycles. The SMILES string of the molecule is CCOc1ccc(C(=O)NCC(c2ccsc2)N2CCCCC2)cc1. The van der Waals surface area contributed by atoms with Crippen molar-refractivity contribution in [3.63, 3.8) is 0 Å². The number of carbonyl (C=O) groups is 1. The summed E-state index contributed by atoms with van der Waals surface area (Å²) in [5.41, 5.74) is 1.98. The fraction of sp³-hybridized carbons (Fsp3) is 0.450. The number of nitrogens with one attached hydrogen (secondary N) is 1. The van der Waals surface area contributed by atoms with Gasteiger partial charge in [0.15, 0.2) is 0 Å². The van der Waals surface area contributed by atoms with Crippen molar-refractivity contribution in [2.75, 3.05) is 26.2 Å². The van der Waals surface area contributed by atoms with Crippen LogP contribution in [0.4, 0.5) is 0 Å². The topological polar surface area (TPSA) is 41.6 Å². The predicted octanol–water partition coefficient (Wildman–Crippen LogP) is 4.10. The largest absolute Gasteiger partial charge is 0.494 e. The molecule has 0 radical (unpaired) electrons. The molecule has 1 aromatic carbocycles. The Labute approximate surface area is 153 Å². The maximum absolute atomic E-state index is 12.5. The van der Waals surface area contributed by atoms with Gasteiger partial charge >= 0.3 is 0 Å². The Balaban J connectivity index is 1.62. The molecule has 1 aliphatic heterocycles. The molecule has 1 aromatic heterocycles. The predicted molar refractivity (Wildman–Crippen MR) is 102 cm³/mol. The number of likely N-dealkylation sites (tertiary alicyclic amines) is 1. The molecule has 1 N–H and O–H groups in total. The van der Waals surface area contributed by atoms with Crippen LogP contribution in [0, 0.1) is 0 Å². The second kappa shape index (κ2) is 9.02. The molecule has 0 bridgehead atoms. The summed E-state index contributed by atoms with van der Waals surface area (Å²) in [7, 11) is 0. The van der Waals surface area contributed by atoms with Gasteiger partial charge in [0, 0.05) is 12.1 Å². The van der Waals surface area contributed by atoms with Crippen molar-refractivity contribution in [3.8, 4) is 5.75 Å². The molecule has 2 aromatic rings. The van der Waals surface area contributed by atoms with E-state index in [1.807, 2.05) is 31.2 Å². The summed E-state index contributed by atoms with van der Waals surface area (Å²) in [6.07, 6.45) is 3.80. The van der Waals surface area contributed by atoms with Crippen molar-refractivity contribution < 1.29 is 9.53 Å². The van der Waals surface area contributed by atoms with Gasteiger partial charge in [-0.1, -0.05) is 6.42 Å². The minimum atomic E-state index is -0.0275. The molecule has 134 valence electrons. The molecule has 1 amide bonds. The highest BCUT2D eigenvalue weighted by Crippen LogP contribution is 2.26. The highest BCUT2D eigenvalue weighted by atomic mass is 32.1. The van der Waals surface area contributed by atoms with Gasteiger partial charge in [-0.15, -0.1) is 0 Å². The van der Waals surface area contributed by atoms with Crippen molar-refractivity contribution in [2.24, 2.45) is 0 Å². The molecule has 1 atom stereocenters. The van der Waals surface area contributed by atoms with E-state index in [9.17, 15) is 4.79 Å². The molecule has 1 fully saturated rings. The molecule has 5 heteroatoms. The van der Waals surface area contributed by atoms with Gasteiger partial charge in [-0.05, 0) is 79.5 Å². The third kappa shape index (κ3) is 4.83. The lowest BCUT2D eigenvalue weighted by Gasteiger charge is -2.34. The van der Waals surface area contributed by atoms with Crippen molar-refractivity contribution in [3.05, 3.63) is 52.2 Å². The second-order valence-electron chi connectivity index (χ2n) is 6.34. The smallest absolute Gasteiger partial charge is 0.251 e. The maximum Gasteiger partial charge on any atom is 0.251 e. The van der Waals surface area contributed by atoms with Crippen LogP contribution in [0.1, 0.15) is 48.1 Å². The van der Waals surface area contributed by atoms with Crippen LogP contribution in [0.5, 0.6) is 5.75 Å². The van der Waals surface area contributed by atoms with Crippen LogP contribution in [-0.4, -0.2) is 37.0 Å². The average molecular weight is 359 g/mol. The summed E-state index contributed by atoms with van der Waals surface area (Å²) < 4.78 is 5.43. The van der Waals surface area contributed by atoms with E-state index in [1.165, 1.54) is 24.8 Å². The van der Waals surface area contributed by atoms with Gasteiger partial charge in [0.1, 0.15) is 5.75 Å². The fourth-order valence-corrected chi connectivity index (χ4v) is 4.02. The zero-order valence-electron chi connectivity index (χ0n) is 14.7. The third-order valence-electron chi connectivity index (χ3n) is 4.64. The van der Waals surface area contributed by atoms with Crippen molar-refractivity contribution >= 4 is 17.2 Å². The Bertz CT molecular complexity index is 649. The first kappa shape index (κ1) is 18.0. The molecular formula is C20H26N2O2S. The zero-order chi connectivity index (χ0) is 17.5. The van der Waals surface area contributed by atoms with Gasteiger partial charge < -0.3 is 10.1 Å². The van der Waals surface area contributed by atoms with Crippen LogP contribution in [0.15, 0.2) is 41.1 Å². The Hall–Kier alpha value is -1.85. The number of thiophene rings is 1. The standard InChI is InChI=1S/C20H26N2O2S/c1-2-24-18-8-6-16(7-9-18)20(23)21-14-19(17-10-13-25-15-17)22-11-4-3-5-12-22/h6-10,13,15,19H,2-5,11-12,14H2,1H3,(H,21,23). The first-order valence-corrected chi connectivity index (χ1v) is 9.99. The number of nitrogens with zero attached hydrogens (tertiary/aromatic N) is 1. The summed E-state index contributed by atoms with van der Waals surface area (Å²) in [6.45, 7) is 5.44. The Morgan fingerprint density at radius 3 is 2.60 bits per heavy atom. The van der Waals surface area contributed by atoms with Crippen molar-refractivity contribution in [1.82, 2.24) is 10.2 Å². The lowest BCUT2D eigenvalue weighted by molar-refractivity contribution is 0.0924. The average Bonchev–Trinajstić information content (AvgIpc) is 3.18. The number of ether oxygens (including phenoxy) is 1. The van der Waals surface area contributed by atoms with E-state index < -0.39 is 0 Å². The van der Waals surface area contributed by atoms with E-state index in [-0.39, 0.29) is 11.9 Å². The molecule has 1 saturated heterocycles. The number of rotatable bonds is 7. The number of hydrogen-bond donors (Lipinski definition) is 1. The van der Waals surface area contributed by atoms with Gasteiger partial charge in [-0.3, -0.25) is 9.69 Å². The summed E-state index contributed by atoms with van der Waals surface area (Å²) in [6, 6.07) is 9.77. The van der Waals surface area contributed by atoms with Crippen molar-refractivity contribution in [1.29, 1.82) is 0 Å². The van der Waals surface area contributed by atoms with Gasteiger partial charge in [-0.25, -0.2) is 0 Å². The summed E-state index contributed by atoms with van der Waals surface area (Å²) in [5.74, 6) is 0.767. The molecule has 0 saturated carbocycles. The van der Waals surface area contributed by atoms with Crippen LogP contribution in [-0.2, 0) is 0 Å². The lowest BCUT2D eigenvalue weighted by Crippen LogP contribution is -2.40. The summed E-state index contributed by atoms with van der Waals surface area (Å²) in [5, 5.41) is 7.43. The molecular weight excluding hydrogens is 332 g/mol. The van der Waals surface area contributed by atoms with Crippen LogP contribution in [0.25, 0.3) is 0 Å². The van der Waals surface area contributed by atoms with Gasteiger partial charge in [0.25, 0.3) is 5.91 Å². The minimum absolute atomic E-state index is 0.0275. The van der Waals surface area contributed by atoms with Crippen LogP contribution < -0.4 is 10.1 Å². The molecule has 3 rings (SSSR count). The molecule has 25 heavy (non-hydrogen) atoms. The molecule has 0 spiro atoms. The zero-order valence-corrected chi connectivity index (χ0v) is 15.6. The fourth-order valence-electron chi connectivity index (χ4n) is 3.31. The monoisotopic (exact) mass is 358 g/mol. The number of piperidine rings is 1. The molecule has 4 nitrogen and oxygen atoms in total. The summed E-state index contributed by atoms with van der Waals surface area (Å²) >= 11 is 1.72. The van der Waals surface area contributed by atoms with E-state index >= 15 is 0 Å². The van der Waals surface area contributed by atoms with Gasteiger partial charge in [-0.2, -0.15) is 11.3 Å². The first-order valence-electron chi connectivity index (χ1n) is 9.05. The van der Waals surface area contributed by atoms with Crippen LogP contribution in [0.2, 0.25) is 0 Å². The first-order chi connectivity index (χ1) is 12.3. The maximum atomic E-state index is 12.5. The molecule has 1 aliphatic rings. The molecule has 2 heterocycles. The van der Waals surface area contributed by atoms with E-state index in [0.717, 1.165) is 18.8 Å². The normalized spacial score (nSPS) is 16.4. The number of benzene rings is 1. The van der Waals surface area contributed by atoms with E-state index in [0.29, 0.717) is 18.7 Å². The summed E-state index contributed by atoms with van der Waals surface area (Å²) in [4.78, 5) is 15.0. The molecule has 1 unspecified atom stereocenters. The Morgan fingerprint density at radius 1 is 1.20 bits per heavy atom. The third-order valence-corrected chi connectivity index (χ3v) is 5.34. The second-order valence-corrected chi connectivity index (χ2v) is 7.12. The van der Waals surface area contributed by atoms with Gasteiger partial charge in [0.05, 0.1) is 12.6 Å². The van der Waals surface area contributed by atoms with E-state index in [4.69, 9.17) is 4.74 Å². The highest BCUT2D eigenvalue weighted by Gasteiger charge is 2.23.